The molecule has 1 heterocycles. The fraction of sp³-hybridized carbons (Fsp3) is 0.267. The van der Waals surface area contributed by atoms with Crippen molar-refractivity contribution in [1.82, 2.24) is 4.98 Å². The molecule has 0 bridgehead atoms. The normalized spacial score (nSPS) is 12.2. The first kappa shape index (κ1) is 14.2. The van der Waals surface area contributed by atoms with Gasteiger partial charge in [0.1, 0.15) is 5.75 Å². The maximum Gasteiger partial charge on any atom is 0.125 e. The van der Waals surface area contributed by atoms with Crippen LogP contribution >= 0.6 is 23.2 Å². The van der Waals surface area contributed by atoms with Crippen molar-refractivity contribution in [2.45, 2.75) is 18.7 Å². The summed E-state index contributed by atoms with van der Waals surface area (Å²) in [7, 11) is 1.62. The van der Waals surface area contributed by atoms with Crippen LogP contribution in [0.2, 0.25) is 5.02 Å². The Kier molecular flexibility index (Phi) is 4.67. The Morgan fingerprint density at radius 1 is 1.32 bits per heavy atom. The monoisotopic (exact) mass is 295 g/mol. The average molecular weight is 296 g/mol. The highest BCUT2D eigenvalue weighted by molar-refractivity contribution is 6.30. The fourth-order valence-electron chi connectivity index (χ4n) is 1.96. The van der Waals surface area contributed by atoms with E-state index < -0.39 is 0 Å². The van der Waals surface area contributed by atoms with Gasteiger partial charge in [-0.25, -0.2) is 0 Å². The number of methoxy groups -OCH3 is 1. The summed E-state index contributed by atoms with van der Waals surface area (Å²) in [6.45, 7) is 2.03. The Bertz CT molecular complexity index is 572. The molecule has 0 aliphatic rings. The zero-order chi connectivity index (χ0) is 13.8. The van der Waals surface area contributed by atoms with E-state index in [1.807, 2.05) is 31.2 Å². The molecule has 2 aromatic rings. The summed E-state index contributed by atoms with van der Waals surface area (Å²) >= 11 is 12.4. The number of halogens is 2. The Morgan fingerprint density at radius 2 is 2.11 bits per heavy atom. The number of alkyl halides is 1. The van der Waals surface area contributed by atoms with E-state index >= 15 is 0 Å². The van der Waals surface area contributed by atoms with Crippen molar-refractivity contribution in [3.05, 3.63) is 58.4 Å². The molecule has 0 radical (unpaired) electrons. The van der Waals surface area contributed by atoms with E-state index in [1.165, 1.54) is 0 Å². The molecular weight excluding hydrogens is 281 g/mol. The van der Waals surface area contributed by atoms with Crippen LogP contribution in [0.1, 0.15) is 22.2 Å². The van der Waals surface area contributed by atoms with Crippen molar-refractivity contribution in [3.63, 3.8) is 0 Å². The molecule has 2 nitrogen and oxygen atoms in total. The van der Waals surface area contributed by atoms with Crippen LogP contribution in [-0.2, 0) is 6.42 Å². The van der Waals surface area contributed by atoms with Gasteiger partial charge in [0, 0.05) is 28.9 Å². The van der Waals surface area contributed by atoms with Gasteiger partial charge in [-0.3, -0.25) is 4.98 Å². The Morgan fingerprint density at radius 3 is 2.79 bits per heavy atom. The third kappa shape index (κ3) is 3.40. The van der Waals surface area contributed by atoms with E-state index in [1.54, 1.807) is 19.4 Å². The molecule has 1 unspecified atom stereocenters. The lowest BCUT2D eigenvalue weighted by Gasteiger charge is -2.15. The van der Waals surface area contributed by atoms with Gasteiger partial charge in [0.05, 0.1) is 12.5 Å². The van der Waals surface area contributed by atoms with Crippen LogP contribution in [0.3, 0.4) is 0 Å². The average Bonchev–Trinajstić information content (AvgIpc) is 2.41. The number of ether oxygens (including phenoxy) is 1. The minimum Gasteiger partial charge on any atom is -0.496 e. The van der Waals surface area contributed by atoms with Crippen molar-refractivity contribution in [3.8, 4) is 5.75 Å². The molecule has 2 rings (SSSR count). The summed E-state index contributed by atoms with van der Waals surface area (Å²) in [5.74, 6) is 0.709. The number of aryl methyl sites for hydroxylation is 1. The van der Waals surface area contributed by atoms with Crippen LogP contribution in [-0.4, -0.2) is 12.1 Å². The quantitative estimate of drug-likeness (QED) is 0.771. The van der Waals surface area contributed by atoms with E-state index in [-0.39, 0.29) is 5.38 Å². The standard InChI is InChI=1S/C15H15Cl2NO/c1-10-4-3-7-18-14(10)9-13(17)12-6-5-11(16)8-15(12)19-2/h3-8,13H,9H2,1-2H3. The molecule has 0 fully saturated rings. The molecule has 0 spiro atoms. The summed E-state index contributed by atoms with van der Waals surface area (Å²) in [4.78, 5) is 4.37. The van der Waals surface area contributed by atoms with Gasteiger partial charge in [0.2, 0.25) is 0 Å². The van der Waals surface area contributed by atoms with E-state index in [9.17, 15) is 0 Å². The van der Waals surface area contributed by atoms with Crippen LogP contribution < -0.4 is 4.74 Å². The van der Waals surface area contributed by atoms with Crippen LogP contribution in [0.15, 0.2) is 36.5 Å². The van der Waals surface area contributed by atoms with E-state index in [0.717, 1.165) is 16.8 Å². The van der Waals surface area contributed by atoms with Crippen molar-refractivity contribution >= 4 is 23.2 Å². The molecule has 1 aromatic heterocycles. The minimum atomic E-state index is -0.194. The number of aromatic nitrogens is 1. The first-order chi connectivity index (χ1) is 9.11. The number of pyridine rings is 1. The molecule has 1 atom stereocenters. The number of hydrogen-bond acceptors (Lipinski definition) is 2. The lowest BCUT2D eigenvalue weighted by Crippen LogP contribution is -2.02. The van der Waals surface area contributed by atoms with Gasteiger partial charge in [-0.05, 0) is 30.7 Å². The highest BCUT2D eigenvalue weighted by Gasteiger charge is 2.16. The van der Waals surface area contributed by atoms with Gasteiger partial charge in [-0.15, -0.1) is 11.6 Å². The second-order valence-electron chi connectivity index (χ2n) is 4.32. The molecular formula is C15H15Cl2NO. The summed E-state index contributed by atoms with van der Waals surface area (Å²) in [6.07, 6.45) is 2.44. The summed E-state index contributed by atoms with van der Waals surface area (Å²) in [6, 6.07) is 9.45. The zero-order valence-corrected chi connectivity index (χ0v) is 12.4. The van der Waals surface area contributed by atoms with Gasteiger partial charge in [0.15, 0.2) is 0 Å². The molecule has 4 heteroatoms. The van der Waals surface area contributed by atoms with Gasteiger partial charge in [-0.1, -0.05) is 23.7 Å². The van der Waals surface area contributed by atoms with Gasteiger partial charge < -0.3 is 4.74 Å². The highest BCUT2D eigenvalue weighted by Crippen LogP contribution is 2.34. The molecule has 0 saturated carbocycles. The first-order valence-electron chi connectivity index (χ1n) is 6.00. The van der Waals surface area contributed by atoms with Crippen molar-refractivity contribution in [2.75, 3.05) is 7.11 Å². The molecule has 1 aromatic carbocycles. The molecule has 0 saturated heterocycles. The molecule has 0 aliphatic heterocycles. The van der Waals surface area contributed by atoms with Gasteiger partial charge in [-0.2, -0.15) is 0 Å². The number of benzene rings is 1. The fourth-order valence-corrected chi connectivity index (χ4v) is 2.44. The van der Waals surface area contributed by atoms with E-state index in [0.29, 0.717) is 17.2 Å². The minimum absolute atomic E-state index is 0.194. The maximum absolute atomic E-state index is 6.49. The third-order valence-corrected chi connectivity index (χ3v) is 3.65. The predicted octanol–water partition coefficient (Wildman–Crippen LogP) is 4.57. The first-order valence-corrected chi connectivity index (χ1v) is 6.81. The summed E-state index contributed by atoms with van der Waals surface area (Å²) < 4.78 is 5.33. The second kappa shape index (κ2) is 6.27. The lowest BCUT2D eigenvalue weighted by atomic mass is 10.0. The Hall–Kier alpha value is -1.25. The topological polar surface area (TPSA) is 22.1 Å². The SMILES string of the molecule is COc1cc(Cl)ccc1C(Cl)Cc1ncccc1C. The van der Waals surface area contributed by atoms with E-state index in [2.05, 4.69) is 4.98 Å². The molecule has 0 N–H and O–H groups in total. The van der Waals surface area contributed by atoms with Crippen LogP contribution in [0.4, 0.5) is 0 Å². The van der Waals surface area contributed by atoms with Crippen molar-refractivity contribution < 1.29 is 4.74 Å². The van der Waals surface area contributed by atoms with Crippen LogP contribution in [0.5, 0.6) is 5.75 Å². The predicted molar refractivity (Wildman–Crippen MR) is 79.3 cm³/mol. The smallest absolute Gasteiger partial charge is 0.125 e. The molecule has 100 valence electrons. The van der Waals surface area contributed by atoms with E-state index in [4.69, 9.17) is 27.9 Å². The van der Waals surface area contributed by atoms with Gasteiger partial charge in [0.25, 0.3) is 0 Å². The molecule has 0 amide bonds. The number of nitrogens with zero attached hydrogens (tertiary/aromatic N) is 1. The Balaban J connectivity index is 2.25. The highest BCUT2D eigenvalue weighted by atomic mass is 35.5. The summed E-state index contributed by atoms with van der Waals surface area (Å²) in [5, 5.41) is 0.444. The number of hydrogen-bond donors (Lipinski definition) is 0. The zero-order valence-electron chi connectivity index (χ0n) is 10.9. The van der Waals surface area contributed by atoms with Gasteiger partial charge >= 0.3 is 0 Å². The number of rotatable bonds is 4. The van der Waals surface area contributed by atoms with Crippen molar-refractivity contribution in [2.24, 2.45) is 0 Å². The third-order valence-electron chi connectivity index (χ3n) is 3.02. The Labute approximate surface area is 123 Å². The summed E-state index contributed by atoms with van der Waals surface area (Å²) in [5.41, 5.74) is 3.07. The second-order valence-corrected chi connectivity index (χ2v) is 5.29. The van der Waals surface area contributed by atoms with Crippen LogP contribution in [0, 0.1) is 6.92 Å². The van der Waals surface area contributed by atoms with Crippen LogP contribution in [0.25, 0.3) is 0 Å². The molecule has 19 heavy (non-hydrogen) atoms. The lowest BCUT2D eigenvalue weighted by molar-refractivity contribution is 0.409. The molecule has 0 aliphatic carbocycles. The van der Waals surface area contributed by atoms with Crippen molar-refractivity contribution in [1.29, 1.82) is 0 Å². The maximum atomic E-state index is 6.49. The largest absolute Gasteiger partial charge is 0.496 e.